The number of nitrogens with zero attached hydrogens (tertiary/aromatic N) is 3. The second kappa shape index (κ2) is 5.24. The Hall–Kier alpha value is -2.47. The molecule has 3 nitrogen and oxygen atoms in total. The van der Waals surface area contributed by atoms with Crippen LogP contribution < -0.4 is 0 Å². The topological polar surface area (TPSA) is 29.1 Å². The molecule has 0 amide bonds. The molecule has 0 saturated carbocycles. The van der Waals surface area contributed by atoms with Crippen molar-refractivity contribution in [3.63, 3.8) is 0 Å². The highest BCUT2D eigenvalue weighted by Crippen LogP contribution is 2.26. The summed E-state index contributed by atoms with van der Waals surface area (Å²) in [7, 11) is 0. The highest BCUT2D eigenvalue weighted by atomic mass is 15.1. The summed E-state index contributed by atoms with van der Waals surface area (Å²) in [5, 5.41) is 8.42. The maximum Gasteiger partial charge on any atom is 0.190 e. The maximum absolute atomic E-state index is 6.99. The van der Waals surface area contributed by atoms with E-state index in [1.807, 2.05) is 50.2 Å². The Bertz CT molecular complexity index is 636. The first-order valence-electron chi connectivity index (χ1n) is 5.66. The van der Waals surface area contributed by atoms with Gasteiger partial charge >= 0.3 is 0 Å². The van der Waals surface area contributed by atoms with Crippen LogP contribution in [0.3, 0.4) is 0 Å². The lowest BCUT2D eigenvalue weighted by atomic mass is 10.2. The molecule has 18 heavy (non-hydrogen) atoms. The molecule has 0 aliphatic carbocycles. The maximum atomic E-state index is 6.99. The van der Waals surface area contributed by atoms with Crippen molar-refractivity contribution in [2.75, 3.05) is 0 Å². The van der Waals surface area contributed by atoms with Gasteiger partial charge in [-0.05, 0) is 43.2 Å². The molecule has 0 aliphatic heterocycles. The SMILES string of the molecule is [C-]#[N+]c1ccc(N=Nc2ccccc2C)cc1C. The van der Waals surface area contributed by atoms with E-state index in [1.54, 1.807) is 6.07 Å². The summed E-state index contributed by atoms with van der Waals surface area (Å²) in [6.07, 6.45) is 0. The zero-order valence-electron chi connectivity index (χ0n) is 10.4. The first-order chi connectivity index (χ1) is 8.70. The van der Waals surface area contributed by atoms with Crippen LogP contribution in [-0.2, 0) is 0 Å². The smallest absolute Gasteiger partial charge is 0.190 e. The molecule has 0 N–H and O–H groups in total. The van der Waals surface area contributed by atoms with Crippen LogP contribution in [0.1, 0.15) is 11.1 Å². The Morgan fingerprint density at radius 2 is 1.72 bits per heavy atom. The van der Waals surface area contributed by atoms with Gasteiger partial charge in [-0.25, -0.2) is 4.85 Å². The molecule has 0 atom stereocenters. The number of aryl methyl sites for hydroxylation is 2. The number of azo groups is 1. The monoisotopic (exact) mass is 235 g/mol. The number of hydrogen-bond donors (Lipinski definition) is 0. The van der Waals surface area contributed by atoms with Crippen LogP contribution in [-0.4, -0.2) is 0 Å². The molecule has 0 aromatic heterocycles. The molecule has 0 unspecified atom stereocenters. The summed E-state index contributed by atoms with van der Waals surface area (Å²) in [5.74, 6) is 0. The predicted molar refractivity (Wildman–Crippen MR) is 72.8 cm³/mol. The van der Waals surface area contributed by atoms with Crippen molar-refractivity contribution in [2.45, 2.75) is 13.8 Å². The average Bonchev–Trinajstić information content (AvgIpc) is 2.38. The van der Waals surface area contributed by atoms with Gasteiger partial charge in [0, 0.05) is 0 Å². The van der Waals surface area contributed by atoms with Gasteiger partial charge < -0.3 is 0 Å². The highest BCUT2D eigenvalue weighted by Gasteiger charge is 1.99. The van der Waals surface area contributed by atoms with E-state index in [4.69, 9.17) is 6.57 Å². The number of hydrogen-bond acceptors (Lipinski definition) is 2. The summed E-state index contributed by atoms with van der Waals surface area (Å²) in [6, 6.07) is 13.3. The average molecular weight is 235 g/mol. The second-order valence-corrected chi connectivity index (χ2v) is 4.07. The van der Waals surface area contributed by atoms with Crippen LogP contribution in [0, 0.1) is 20.4 Å². The third-order valence-electron chi connectivity index (χ3n) is 2.69. The molecule has 0 heterocycles. The molecule has 3 heteroatoms. The Kier molecular flexibility index (Phi) is 3.49. The molecule has 0 spiro atoms. The Balaban J connectivity index is 2.28. The van der Waals surface area contributed by atoms with Crippen molar-refractivity contribution in [1.29, 1.82) is 0 Å². The van der Waals surface area contributed by atoms with E-state index in [9.17, 15) is 0 Å². The predicted octanol–water partition coefficient (Wildman–Crippen LogP) is 5.27. The minimum absolute atomic E-state index is 0.657. The van der Waals surface area contributed by atoms with Gasteiger partial charge in [-0.2, -0.15) is 10.2 Å². The van der Waals surface area contributed by atoms with E-state index in [0.29, 0.717) is 5.69 Å². The molecule has 0 radical (unpaired) electrons. The Labute approximate surface area is 107 Å². The summed E-state index contributed by atoms with van der Waals surface area (Å²) >= 11 is 0. The van der Waals surface area contributed by atoms with E-state index < -0.39 is 0 Å². The third-order valence-corrected chi connectivity index (χ3v) is 2.69. The summed E-state index contributed by atoms with van der Waals surface area (Å²) in [6.45, 7) is 10.9. The molecule has 2 aromatic carbocycles. The highest BCUT2D eigenvalue weighted by molar-refractivity contribution is 5.58. The van der Waals surface area contributed by atoms with Crippen molar-refractivity contribution < 1.29 is 0 Å². The van der Waals surface area contributed by atoms with E-state index in [2.05, 4.69) is 15.1 Å². The van der Waals surface area contributed by atoms with Crippen molar-refractivity contribution in [3.05, 3.63) is 65.0 Å². The van der Waals surface area contributed by atoms with E-state index >= 15 is 0 Å². The molecule has 0 saturated heterocycles. The fourth-order valence-electron chi connectivity index (χ4n) is 1.61. The molecule has 0 fully saturated rings. The molecule has 88 valence electrons. The summed E-state index contributed by atoms with van der Waals surface area (Å²) in [5.41, 5.74) is 4.30. The fraction of sp³-hybridized carbons (Fsp3) is 0.133. The van der Waals surface area contributed by atoms with E-state index in [-0.39, 0.29) is 0 Å². The lowest BCUT2D eigenvalue weighted by Gasteiger charge is -1.99. The largest absolute Gasteiger partial charge is 0.238 e. The zero-order chi connectivity index (χ0) is 13.0. The van der Waals surface area contributed by atoms with Crippen LogP contribution in [0.2, 0.25) is 0 Å². The van der Waals surface area contributed by atoms with Gasteiger partial charge in [-0.3, -0.25) is 0 Å². The van der Waals surface area contributed by atoms with Crippen LogP contribution in [0.25, 0.3) is 4.85 Å². The minimum Gasteiger partial charge on any atom is -0.238 e. The third kappa shape index (κ3) is 2.61. The number of benzene rings is 2. The first kappa shape index (κ1) is 12.0. The second-order valence-electron chi connectivity index (χ2n) is 4.07. The van der Waals surface area contributed by atoms with Gasteiger partial charge in [-0.1, -0.05) is 24.3 Å². The quantitative estimate of drug-likeness (QED) is 0.501. The lowest BCUT2D eigenvalue weighted by molar-refractivity contribution is 1.21. The zero-order valence-corrected chi connectivity index (χ0v) is 10.4. The van der Waals surface area contributed by atoms with Crippen LogP contribution in [0.5, 0.6) is 0 Å². The van der Waals surface area contributed by atoms with Gasteiger partial charge in [-0.15, -0.1) is 0 Å². The molecular formula is C15H13N3. The van der Waals surface area contributed by atoms with Crippen LogP contribution in [0.4, 0.5) is 17.1 Å². The van der Waals surface area contributed by atoms with E-state index in [0.717, 1.165) is 22.5 Å². The standard InChI is InChI=1S/C15H13N3/c1-11-6-4-5-7-15(11)18-17-13-8-9-14(16-3)12(2)10-13/h4-10H,1-2H3. The van der Waals surface area contributed by atoms with Crippen molar-refractivity contribution >= 4 is 17.1 Å². The normalized spacial score (nSPS) is 10.5. The molecular weight excluding hydrogens is 222 g/mol. The van der Waals surface area contributed by atoms with Crippen molar-refractivity contribution in [1.82, 2.24) is 0 Å². The summed E-state index contributed by atoms with van der Waals surface area (Å²) < 4.78 is 0. The molecule has 2 rings (SSSR count). The van der Waals surface area contributed by atoms with Crippen molar-refractivity contribution in [3.8, 4) is 0 Å². The van der Waals surface area contributed by atoms with E-state index in [1.165, 1.54) is 0 Å². The molecule has 0 aliphatic rings. The fourth-order valence-corrected chi connectivity index (χ4v) is 1.61. The van der Waals surface area contributed by atoms with Gasteiger partial charge in [0.1, 0.15) is 0 Å². The molecule has 0 bridgehead atoms. The van der Waals surface area contributed by atoms with Gasteiger partial charge in [0.05, 0.1) is 17.9 Å². The summed E-state index contributed by atoms with van der Waals surface area (Å²) in [4.78, 5) is 3.42. The van der Waals surface area contributed by atoms with Crippen LogP contribution in [0.15, 0.2) is 52.7 Å². The Morgan fingerprint density at radius 3 is 2.39 bits per heavy atom. The molecule has 2 aromatic rings. The van der Waals surface area contributed by atoms with Gasteiger partial charge in [0.2, 0.25) is 0 Å². The van der Waals surface area contributed by atoms with Gasteiger partial charge in [0.25, 0.3) is 0 Å². The lowest BCUT2D eigenvalue weighted by Crippen LogP contribution is -1.73. The van der Waals surface area contributed by atoms with Gasteiger partial charge in [0.15, 0.2) is 5.69 Å². The Morgan fingerprint density at radius 1 is 0.944 bits per heavy atom. The minimum atomic E-state index is 0.657. The first-order valence-corrected chi connectivity index (χ1v) is 5.66. The van der Waals surface area contributed by atoms with Crippen LogP contribution >= 0.6 is 0 Å². The van der Waals surface area contributed by atoms with Crippen molar-refractivity contribution in [2.24, 2.45) is 10.2 Å². The number of rotatable bonds is 2.